The van der Waals surface area contributed by atoms with Crippen LogP contribution in [0.1, 0.15) is 39.0 Å². The van der Waals surface area contributed by atoms with E-state index < -0.39 is 6.10 Å². The van der Waals surface area contributed by atoms with Crippen LogP contribution in [-0.2, 0) is 9.53 Å². The van der Waals surface area contributed by atoms with E-state index in [1.807, 2.05) is 0 Å². The van der Waals surface area contributed by atoms with Crippen molar-refractivity contribution in [1.29, 1.82) is 0 Å². The van der Waals surface area contributed by atoms with Crippen LogP contribution < -0.4 is 10.6 Å². The Labute approximate surface area is 109 Å². The van der Waals surface area contributed by atoms with Gasteiger partial charge >= 0.3 is 0 Å². The van der Waals surface area contributed by atoms with Gasteiger partial charge in [0, 0.05) is 32.2 Å². The van der Waals surface area contributed by atoms with Gasteiger partial charge in [-0.05, 0) is 19.3 Å². The van der Waals surface area contributed by atoms with Crippen LogP contribution in [0.25, 0.3) is 0 Å². The zero-order valence-corrected chi connectivity index (χ0v) is 11.3. The fraction of sp³-hybridized carbons (Fsp3) is 0.923. The van der Waals surface area contributed by atoms with Crippen molar-refractivity contribution in [3.05, 3.63) is 0 Å². The number of hydrogen-bond donors (Lipinski definition) is 3. The van der Waals surface area contributed by atoms with E-state index in [2.05, 4.69) is 17.6 Å². The van der Waals surface area contributed by atoms with Gasteiger partial charge in [-0.3, -0.25) is 4.79 Å². The number of unbranched alkanes of at least 4 members (excludes halogenated alkanes) is 1. The molecule has 0 aliphatic heterocycles. The van der Waals surface area contributed by atoms with E-state index in [4.69, 9.17) is 4.74 Å². The van der Waals surface area contributed by atoms with Crippen LogP contribution >= 0.6 is 0 Å². The molecule has 0 aromatic heterocycles. The standard InChI is InChI=1S/C13H26N2O3/c1-2-3-8-18-10-12(16)9-14-7-6-13(17)15-11-4-5-11/h11-12,14,16H,2-10H2,1H3,(H,15,17). The predicted octanol–water partition coefficient (Wildman–Crippen LogP) is 0.422. The maximum Gasteiger partial charge on any atom is 0.221 e. The van der Waals surface area contributed by atoms with E-state index >= 15 is 0 Å². The number of rotatable bonds is 11. The van der Waals surface area contributed by atoms with Crippen LogP contribution in [0.3, 0.4) is 0 Å². The van der Waals surface area contributed by atoms with Gasteiger partial charge in [0.25, 0.3) is 0 Å². The van der Waals surface area contributed by atoms with Gasteiger partial charge in [-0.25, -0.2) is 0 Å². The molecule has 0 saturated heterocycles. The molecule has 1 aliphatic carbocycles. The zero-order valence-electron chi connectivity index (χ0n) is 11.3. The van der Waals surface area contributed by atoms with Crippen LogP contribution in [0, 0.1) is 0 Å². The number of ether oxygens (including phenoxy) is 1. The Morgan fingerprint density at radius 2 is 2.28 bits per heavy atom. The summed E-state index contributed by atoms with van der Waals surface area (Å²) in [5.74, 6) is 0.0960. The van der Waals surface area contributed by atoms with Gasteiger partial charge in [-0.1, -0.05) is 13.3 Å². The lowest BCUT2D eigenvalue weighted by Crippen LogP contribution is -2.34. The summed E-state index contributed by atoms with van der Waals surface area (Å²) < 4.78 is 5.31. The molecule has 0 bridgehead atoms. The quantitative estimate of drug-likeness (QED) is 0.470. The Kier molecular flexibility index (Phi) is 7.96. The Hall–Kier alpha value is -0.650. The largest absolute Gasteiger partial charge is 0.389 e. The Bertz CT molecular complexity index is 232. The fourth-order valence-corrected chi connectivity index (χ4v) is 1.52. The van der Waals surface area contributed by atoms with Gasteiger partial charge < -0.3 is 20.5 Å². The summed E-state index contributed by atoms with van der Waals surface area (Å²) in [6, 6.07) is 0.426. The molecule has 0 aromatic rings. The highest BCUT2D eigenvalue weighted by Gasteiger charge is 2.22. The molecule has 18 heavy (non-hydrogen) atoms. The van der Waals surface area contributed by atoms with Gasteiger partial charge in [0.2, 0.25) is 5.91 Å². The average Bonchev–Trinajstić information content (AvgIpc) is 3.14. The van der Waals surface area contributed by atoms with Crippen molar-refractivity contribution in [2.75, 3.05) is 26.3 Å². The molecule has 1 rings (SSSR count). The summed E-state index contributed by atoms with van der Waals surface area (Å²) in [4.78, 5) is 11.3. The Morgan fingerprint density at radius 1 is 1.50 bits per heavy atom. The van der Waals surface area contributed by atoms with Crippen molar-refractivity contribution in [3.8, 4) is 0 Å². The van der Waals surface area contributed by atoms with E-state index in [1.165, 1.54) is 0 Å². The third-order valence-electron chi connectivity index (χ3n) is 2.80. The van der Waals surface area contributed by atoms with Gasteiger partial charge in [-0.15, -0.1) is 0 Å². The van der Waals surface area contributed by atoms with E-state index in [1.54, 1.807) is 0 Å². The van der Waals surface area contributed by atoms with Crippen molar-refractivity contribution in [2.45, 2.75) is 51.2 Å². The molecule has 0 aromatic carbocycles. The molecule has 5 nitrogen and oxygen atoms in total. The van der Waals surface area contributed by atoms with Gasteiger partial charge in [0.05, 0.1) is 12.7 Å². The molecule has 5 heteroatoms. The highest BCUT2D eigenvalue weighted by atomic mass is 16.5. The average molecular weight is 258 g/mol. The number of nitrogens with one attached hydrogen (secondary N) is 2. The number of aliphatic hydroxyl groups is 1. The molecule has 0 heterocycles. The van der Waals surface area contributed by atoms with Crippen LogP contribution in [0.5, 0.6) is 0 Å². The van der Waals surface area contributed by atoms with Crippen LogP contribution in [0.2, 0.25) is 0 Å². The highest BCUT2D eigenvalue weighted by molar-refractivity contribution is 5.76. The van der Waals surface area contributed by atoms with Crippen LogP contribution in [0.15, 0.2) is 0 Å². The third-order valence-corrected chi connectivity index (χ3v) is 2.80. The monoisotopic (exact) mass is 258 g/mol. The van der Waals surface area contributed by atoms with E-state index in [0.29, 0.717) is 38.8 Å². The lowest BCUT2D eigenvalue weighted by Gasteiger charge is -2.12. The number of amides is 1. The molecular weight excluding hydrogens is 232 g/mol. The van der Waals surface area contributed by atoms with Crippen molar-refractivity contribution in [1.82, 2.24) is 10.6 Å². The lowest BCUT2D eigenvalue weighted by atomic mass is 10.3. The Balaban J connectivity index is 1.84. The molecule has 1 aliphatic rings. The van der Waals surface area contributed by atoms with Gasteiger partial charge in [-0.2, -0.15) is 0 Å². The molecule has 1 saturated carbocycles. The second-order valence-electron chi connectivity index (χ2n) is 4.88. The third kappa shape index (κ3) is 8.44. The summed E-state index contributed by atoms with van der Waals surface area (Å²) >= 11 is 0. The number of carbonyl (C=O) groups is 1. The van der Waals surface area contributed by atoms with E-state index in [-0.39, 0.29) is 5.91 Å². The normalized spacial score (nSPS) is 16.6. The first kappa shape index (κ1) is 15.4. The molecule has 1 unspecified atom stereocenters. The molecule has 1 amide bonds. The maximum absolute atomic E-state index is 11.3. The minimum absolute atomic E-state index is 0.0960. The minimum Gasteiger partial charge on any atom is -0.389 e. The van der Waals surface area contributed by atoms with Crippen molar-refractivity contribution >= 4 is 5.91 Å². The SMILES string of the molecule is CCCCOCC(O)CNCCC(=O)NC1CC1. The van der Waals surface area contributed by atoms with Crippen molar-refractivity contribution < 1.29 is 14.6 Å². The Morgan fingerprint density at radius 3 is 2.94 bits per heavy atom. The summed E-state index contributed by atoms with van der Waals surface area (Å²) in [6.45, 7) is 4.25. The van der Waals surface area contributed by atoms with Gasteiger partial charge in [0.15, 0.2) is 0 Å². The molecular formula is C13H26N2O3. The van der Waals surface area contributed by atoms with E-state index in [9.17, 15) is 9.90 Å². The van der Waals surface area contributed by atoms with Crippen LogP contribution in [-0.4, -0.2) is 49.5 Å². The molecule has 3 N–H and O–H groups in total. The van der Waals surface area contributed by atoms with E-state index in [0.717, 1.165) is 25.7 Å². The highest BCUT2D eigenvalue weighted by Crippen LogP contribution is 2.18. The zero-order chi connectivity index (χ0) is 13.2. The first-order chi connectivity index (χ1) is 8.72. The molecule has 1 atom stereocenters. The minimum atomic E-state index is -0.492. The molecule has 0 spiro atoms. The summed E-state index contributed by atoms with van der Waals surface area (Å²) in [5, 5.41) is 15.6. The lowest BCUT2D eigenvalue weighted by molar-refractivity contribution is -0.121. The molecule has 1 fully saturated rings. The number of aliphatic hydroxyl groups excluding tert-OH is 1. The first-order valence-corrected chi connectivity index (χ1v) is 6.98. The number of hydrogen-bond acceptors (Lipinski definition) is 4. The van der Waals surface area contributed by atoms with Gasteiger partial charge in [0.1, 0.15) is 0 Å². The van der Waals surface area contributed by atoms with Crippen molar-refractivity contribution in [3.63, 3.8) is 0 Å². The fourth-order valence-electron chi connectivity index (χ4n) is 1.52. The van der Waals surface area contributed by atoms with Crippen molar-refractivity contribution in [2.24, 2.45) is 0 Å². The maximum atomic E-state index is 11.3. The second-order valence-corrected chi connectivity index (χ2v) is 4.88. The number of carbonyl (C=O) groups excluding carboxylic acids is 1. The summed E-state index contributed by atoms with van der Waals surface area (Å²) in [5.41, 5.74) is 0. The smallest absolute Gasteiger partial charge is 0.221 e. The first-order valence-electron chi connectivity index (χ1n) is 6.98. The summed E-state index contributed by atoms with van der Waals surface area (Å²) in [6.07, 6.45) is 4.35. The topological polar surface area (TPSA) is 70.6 Å². The molecule has 0 radical (unpaired) electrons. The molecule has 106 valence electrons. The summed E-state index contributed by atoms with van der Waals surface area (Å²) in [7, 11) is 0. The predicted molar refractivity (Wildman–Crippen MR) is 70.4 cm³/mol. The second kappa shape index (κ2) is 9.30. The van der Waals surface area contributed by atoms with Crippen LogP contribution in [0.4, 0.5) is 0 Å².